The van der Waals surface area contributed by atoms with Crippen molar-refractivity contribution >= 4 is 17.5 Å². The maximum atomic E-state index is 13.2. The molecule has 0 aliphatic carbocycles. The fraction of sp³-hybridized carbons (Fsp3) is 0.462. The Balaban J connectivity index is 1.44. The van der Waals surface area contributed by atoms with Crippen molar-refractivity contribution in [3.8, 4) is 5.75 Å². The minimum absolute atomic E-state index is 0.0373. The van der Waals surface area contributed by atoms with E-state index in [9.17, 15) is 9.59 Å². The van der Waals surface area contributed by atoms with Gasteiger partial charge in [-0.3, -0.25) is 14.5 Å². The van der Waals surface area contributed by atoms with E-state index in [1.165, 1.54) is 25.3 Å². The SMILES string of the molecule is COCC1CCCN(Cc2ccc3c(c2)CN(C(=O)c2ccc(NC(C)=O)cc2)CCO3)C1. The van der Waals surface area contributed by atoms with Crippen molar-refractivity contribution in [2.45, 2.75) is 32.9 Å². The number of benzene rings is 2. The number of piperidine rings is 1. The van der Waals surface area contributed by atoms with Gasteiger partial charge in [-0.2, -0.15) is 0 Å². The second kappa shape index (κ2) is 10.8. The summed E-state index contributed by atoms with van der Waals surface area (Å²) in [5.74, 6) is 1.28. The lowest BCUT2D eigenvalue weighted by Crippen LogP contribution is -2.36. The number of ether oxygens (including phenoxy) is 2. The molecular formula is C26H33N3O4. The molecule has 0 bridgehead atoms. The lowest BCUT2D eigenvalue weighted by Gasteiger charge is -2.32. The molecule has 1 atom stereocenters. The van der Waals surface area contributed by atoms with Crippen molar-refractivity contribution in [3.05, 3.63) is 59.2 Å². The van der Waals surface area contributed by atoms with Crippen LogP contribution in [0.2, 0.25) is 0 Å². The average Bonchev–Trinajstić information content (AvgIpc) is 3.01. The van der Waals surface area contributed by atoms with Crippen LogP contribution in [-0.2, 0) is 22.6 Å². The second-order valence-electron chi connectivity index (χ2n) is 8.97. The Hall–Kier alpha value is -2.90. The van der Waals surface area contributed by atoms with Gasteiger partial charge in [-0.1, -0.05) is 6.07 Å². The highest BCUT2D eigenvalue weighted by molar-refractivity contribution is 5.95. The Morgan fingerprint density at radius 3 is 2.73 bits per heavy atom. The van der Waals surface area contributed by atoms with Crippen molar-refractivity contribution < 1.29 is 19.1 Å². The third-order valence-corrected chi connectivity index (χ3v) is 6.26. The first-order valence-electron chi connectivity index (χ1n) is 11.6. The number of anilines is 1. The molecule has 7 nitrogen and oxygen atoms in total. The van der Waals surface area contributed by atoms with E-state index in [1.54, 1.807) is 31.4 Å². The number of carbonyl (C=O) groups is 2. The number of rotatable bonds is 6. The van der Waals surface area contributed by atoms with Crippen LogP contribution in [0.25, 0.3) is 0 Å². The van der Waals surface area contributed by atoms with Crippen LogP contribution in [0.4, 0.5) is 5.69 Å². The van der Waals surface area contributed by atoms with Crippen molar-refractivity contribution in [1.82, 2.24) is 9.80 Å². The molecule has 0 spiro atoms. The smallest absolute Gasteiger partial charge is 0.254 e. The standard InChI is InChI=1S/C26H33N3O4/c1-19(30)27-24-8-6-22(7-9-24)26(31)29-12-13-33-25-10-5-20(14-23(25)17-29)15-28-11-3-4-21(16-28)18-32-2/h5-10,14,21H,3-4,11-13,15-18H2,1-2H3,(H,27,30). The van der Waals surface area contributed by atoms with E-state index in [0.29, 0.717) is 36.9 Å². The van der Waals surface area contributed by atoms with Crippen LogP contribution in [0.1, 0.15) is 41.3 Å². The van der Waals surface area contributed by atoms with Crippen LogP contribution >= 0.6 is 0 Å². The van der Waals surface area contributed by atoms with Gasteiger partial charge < -0.3 is 19.7 Å². The number of fused-ring (bicyclic) bond motifs is 1. The Kier molecular flexibility index (Phi) is 7.62. The second-order valence-corrected chi connectivity index (χ2v) is 8.97. The zero-order chi connectivity index (χ0) is 23.2. The molecule has 0 aromatic heterocycles. The highest BCUT2D eigenvalue weighted by atomic mass is 16.5. The molecule has 176 valence electrons. The molecular weight excluding hydrogens is 418 g/mol. The molecule has 2 heterocycles. The molecule has 4 rings (SSSR count). The first-order valence-corrected chi connectivity index (χ1v) is 11.6. The van der Waals surface area contributed by atoms with Crippen molar-refractivity contribution in [3.63, 3.8) is 0 Å². The van der Waals surface area contributed by atoms with Crippen molar-refractivity contribution in [2.75, 3.05) is 45.3 Å². The normalized spacial score (nSPS) is 18.7. The summed E-state index contributed by atoms with van der Waals surface area (Å²) in [7, 11) is 1.77. The third kappa shape index (κ3) is 6.12. The van der Waals surface area contributed by atoms with Crippen LogP contribution in [0.15, 0.2) is 42.5 Å². The highest BCUT2D eigenvalue weighted by Crippen LogP contribution is 2.27. The molecule has 2 aliphatic rings. The van der Waals surface area contributed by atoms with Crippen LogP contribution in [0.5, 0.6) is 5.75 Å². The fourth-order valence-corrected chi connectivity index (χ4v) is 4.73. The van der Waals surface area contributed by atoms with E-state index >= 15 is 0 Å². The van der Waals surface area contributed by atoms with Gasteiger partial charge in [0.05, 0.1) is 13.2 Å². The largest absolute Gasteiger partial charge is 0.491 e. The predicted molar refractivity (Wildman–Crippen MR) is 127 cm³/mol. The summed E-state index contributed by atoms with van der Waals surface area (Å²) >= 11 is 0. The zero-order valence-corrected chi connectivity index (χ0v) is 19.5. The van der Waals surface area contributed by atoms with Gasteiger partial charge in [-0.15, -0.1) is 0 Å². The van der Waals surface area contributed by atoms with Gasteiger partial charge in [0.15, 0.2) is 0 Å². The minimum atomic E-state index is -0.134. The number of carbonyl (C=O) groups excluding carboxylic acids is 2. The molecule has 2 aromatic carbocycles. The first kappa shape index (κ1) is 23.3. The Bertz CT molecular complexity index is 974. The van der Waals surface area contributed by atoms with Crippen LogP contribution in [0, 0.1) is 5.92 Å². The highest BCUT2D eigenvalue weighted by Gasteiger charge is 2.23. The van der Waals surface area contributed by atoms with Gasteiger partial charge >= 0.3 is 0 Å². The zero-order valence-electron chi connectivity index (χ0n) is 19.5. The number of amides is 2. The summed E-state index contributed by atoms with van der Waals surface area (Å²) < 4.78 is 11.3. The van der Waals surface area contributed by atoms with E-state index in [2.05, 4.69) is 22.3 Å². The van der Waals surface area contributed by atoms with E-state index in [1.807, 2.05) is 11.0 Å². The number of methoxy groups -OCH3 is 1. The molecule has 2 aromatic rings. The lowest BCUT2D eigenvalue weighted by molar-refractivity contribution is -0.114. The summed E-state index contributed by atoms with van der Waals surface area (Å²) in [6.07, 6.45) is 2.43. The molecule has 1 N–H and O–H groups in total. The van der Waals surface area contributed by atoms with Gasteiger partial charge in [0.1, 0.15) is 12.4 Å². The van der Waals surface area contributed by atoms with Crippen LogP contribution < -0.4 is 10.1 Å². The molecule has 0 saturated carbocycles. The molecule has 1 saturated heterocycles. The van der Waals surface area contributed by atoms with Gasteiger partial charge in [0.2, 0.25) is 5.91 Å². The summed E-state index contributed by atoms with van der Waals surface area (Å²) in [6, 6.07) is 13.4. The Morgan fingerprint density at radius 2 is 1.97 bits per heavy atom. The molecule has 2 amide bonds. The molecule has 0 radical (unpaired) electrons. The maximum Gasteiger partial charge on any atom is 0.254 e. The molecule has 1 fully saturated rings. The topological polar surface area (TPSA) is 71.1 Å². The van der Waals surface area contributed by atoms with Gasteiger partial charge in [-0.25, -0.2) is 0 Å². The van der Waals surface area contributed by atoms with Gasteiger partial charge in [0, 0.05) is 50.5 Å². The van der Waals surface area contributed by atoms with Gasteiger partial charge in [-0.05, 0) is 67.3 Å². The van der Waals surface area contributed by atoms with Crippen molar-refractivity contribution in [1.29, 1.82) is 0 Å². The quantitative estimate of drug-likeness (QED) is 0.728. The number of likely N-dealkylation sites (tertiary alicyclic amines) is 1. The fourth-order valence-electron chi connectivity index (χ4n) is 4.73. The number of hydrogen-bond acceptors (Lipinski definition) is 5. The average molecular weight is 452 g/mol. The number of nitrogens with one attached hydrogen (secondary N) is 1. The van der Waals surface area contributed by atoms with E-state index < -0.39 is 0 Å². The Morgan fingerprint density at radius 1 is 1.15 bits per heavy atom. The third-order valence-electron chi connectivity index (χ3n) is 6.26. The molecule has 2 aliphatic heterocycles. The number of hydrogen-bond donors (Lipinski definition) is 1. The predicted octanol–water partition coefficient (Wildman–Crippen LogP) is 3.54. The molecule has 33 heavy (non-hydrogen) atoms. The maximum absolute atomic E-state index is 13.2. The molecule has 1 unspecified atom stereocenters. The summed E-state index contributed by atoms with van der Waals surface area (Å²) in [6.45, 7) is 6.85. The first-order chi connectivity index (χ1) is 16.0. The monoisotopic (exact) mass is 451 g/mol. The summed E-state index contributed by atoms with van der Waals surface area (Å²) in [5, 5.41) is 2.73. The molecule has 7 heteroatoms. The summed E-state index contributed by atoms with van der Waals surface area (Å²) in [4.78, 5) is 28.7. The Labute approximate surface area is 195 Å². The van der Waals surface area contributed by atoms with E-state index in [0.717, 1.165) is 37.6 Å². The van der Waals surface area contributed by atoms with Crippen molar-refractivity contribution in [2.24, 2.45) is 5.92 Å². The van der Waals surface area contributed by atoms with E-state index in [4.69, 9.17) is 9.47 Å². The minimum Gasteiger partial charge on any atom is -0.491 e. The lowest BCUT2D eigenvalue weighted by atomic mass is 9.98. The van der Waals surface area contributed by atoms with E-state index in [-0.39, 0.29) is 11.8 Å². The number of nitrogens with zero attached hydrogens (tertiary/aromatic N) is 2. The summed E-state index contributed by atoms with van der Waals surface area (Å²) in [5.41, 5.74) is 3.56. The van der Waals surface area contributed by atoms with Crippen LogP contribution in [0.3, 0.4) is 0 Å². The van der Waals surface area contributed by atoms with Gasteiger partial charge in [0.25, 0.3) is 5.91 Å². The van der Waals surface area contributed by atoms with Crippen LogP contribution in [-0.4, -0.2) is 61.6 Å².